The predicted molar refractivity (Wildman–Crippen MR) is 92.4 cm³/mol. The van der Waals surface area contributed by atoms with Gasteiger partial charge in [-0.3, -0.25) is 4.99 Å². The van der Waals surface area contributed by atoms with E-state index in [4.69, 9.17) is 4.74 Å². The van der Waals surface area contributed by atoms with Gasteiger partial charge in [-0.25, -0.2) is 0 Å². The summed E-state index contributed by atoms with van der Waals surface area (Å²) in [5, 5.41) is 3.43. The standard InChI is InChI=1S/C18H29N3O/c1-15-6-4-5-7-17(15)10-11-20-18(19-2)21(3)12-13-22-14-16-8-9-16/h4-7,16H,8-14H2,1-3H3,(H,19,20). The summed E-state index contributed by atoms with van der Waals surface area (Å²) < 4.78 is 5.69. The molecular formula is C18H29N3O. The molecule has 0 saturated heterocycles. The minimum atomic E-state index is 0.769. The van der Waals surface area contributed by atoms with Crippen LogP contribution in [0.3, 0.4) is 0 Å². The third kappa shape index (κ3) is 5.68. The molecule has 1 aromatic carbocycles. The topological polar surface area (TPSA) is 36.9 Å². The molecule has 1 N–H and O–H groups in total. The molecule has 4 heteroatoms. The lowest BCUT2D eigenvalue weighted by Crippen LogP contribution is -2.41. The fourth-order valence-electron chi connectivity index (χ4n) is 2.43. The first-order valence-electron chi connectivity index (χ1n) is 8.24. The van der Waals surface area contributed by atoms with Crippen molar-refractivity contribution in [1.29, 1.82) is 0 Å². The average Bonchev–Trinajstić information content (AvgIpc) is 3.34. The van der Waals surface area contributed by atoms with E-state index in [0.29, 0.717) is 0 Å². The monoisotopic (exact) mass is 303 g/mol. The number of nitrogens with zero attached hydrogens (tertiary/aromatic N) is 2. The Bertz CT molecular complexity index is 483. The highest BCUT2D eigenvalue weighted by atomic mass is 16.5. The Morgan fingerprint density at radius 1 is 1.36 bits per heavy atom. The molecule has 0 unspecified atom stereocenters. The molecule has 1 aliphatic rings. The molecule has 4 nitrogen and oxygen atoms in total. The summed E-state index contributed by atoms with van der Waals surface area (Å²) in [4.78, 5) is 6.47. The SMILES string of the molecule is CN=C(NCCc1ccccc1C)N(C)CCOCC1CC1. The Hall–Kier alpha value is -1.55. The van der Waals surface area contributed by atoms with Gasteiger partial charge in [0.2, 0.25) is 0 Å². The fourth-order valence-corrected chi connectivity index (χ4v) is 2.43. The summed E-state index contributed by atoms with van der Waals surface area (Å²) in [6.45, 7) is 5.62. The summed E-state index contributed by atoms with van der Waals surface area (Å²) in [6.07, 6.45) is 3.70. The van der Waals surface area contributed by atoms with Crippen LogP contribution in [-0.2, 0) is 11.2 Å². The van der Waals surface area contributed by atoms with Crippen molar-refractivity contribution in [2.45, 2.75) is 26.2 Å². The molecule has 1 aromatic rings. The van der Waals surface area contributed by atoms with Crippen molar-refractivity contribution in [1.82, 2.24) is 10.2 Å². The lowest BCUT2D eigenvalue weighted by molar-refractivity contribution is 0.115. The lowest BCUT2D eigenvalue weighted by atomic mass is 10.1. The minimum absolute atomic E-state index is 0.769. The van der Waals surface area contributed by atoms with Gasteiger partial charge in [0.05, 0.1) is 6.61 Å². The van der Waals surface area contributed by atoms with Gasteiger partial charge in [-0.15, -0.1) is 0 Å². The molecule has 22 heavy (non-hydrogen) atoms. The Kier molecular flexibility index (Phi) is 6.72. The van der Waals surface area contributed by atoms with E-state index in [-0.39, 0.29) is 0 Å². The lowest BCUT2D eigenvalue weighted by Gasteiger charge is -2.22. The first kappa shape index (κ1) is 16.8. The molecule has 1 aliphatic carbocycles. The van der Waals surface area contributed by atoms with Gasteiger partial charge >= 0.3 is 0 Å². The molecule has 0 aliphatic heterocycles. The summed E-state index contributed by atoms with van der Waals surface area (Å²) in [7, 11) is 3.89. The number of nitrogens with one attached hydrogen (secondary N) is 1. The van der Waals surface area contributed by atoms with Crippen molar-refractivity contribution in [3.63, 3.8) is 0 Å². The van der Waals surface area contributed by atoms with E-state index in [9.17, 15) is 0 Å². The summed E-state index contributed by atoms with van der Waals surface area (Å²) in [5.74, 6) is 1.76. The third-order valence-corrected chi connectivity index (χ3v) is 4.13. The number of hydrogen-bond acceptors (Lipinski definition) is 2. The van der Waals surface area contributed by atoms with E-state index in [1.54, 1.807) is 0 Å². The van der Waals surface area contributed by atoms with Gasteiger partial charge in [0.1, 0.15) is 0 Å². The molecular weight excluding hydrogens is 274 g/mol. The zero-order valence-electron chi connectivity index (χ0n) is 14.1. The zero-order valence-corrected chi connectivity index (χ0v) is 14.1. The van der Waals surface area contributed by atoms with Gasteiger partial charge in [0.25, 0.3) is 0 Å². The Morgan fingerprint density at radius 2 is 2.14 bits per heavy atom. The molecule has 0 aromatic heterocycles. The van der Waals surface area contributed by atoms with Crippen molar-refractivity contribution in [2.24, 2.45) is 10.9 Å². The maximum Gasteiger partial charge on any atom is 0.193 e. The van der Waals surface area contributed by atoms with Gasteiger partial charge in [0, 0.05) is 33.8 Å². The minimum Gasteiger partial charge on any atom is -0.379 e. The molecule has 0 heterocycles. The predicted octanol–water partition coefficient (Wildman–Crippen LogP) is 2.47. The van der Waals surface area contributed by atoms with Crippen LogP contribution in [0.25, 0.3) is 0 Å². The van der Waals surface area contributed by atoms with Gasteiger partial charge < -0.3 is 15.0 Å². The molecule has 1 saturated carbocycles. The highest BCUT2D eigenvalue weighted by Gasteiger charge is 2.21. The van der Waals surface area contributed by atoms with Crippen LogP contribution in [0, 0.1) is 12.8 Å². The Labute approximate surface area is 134 Å². The summed E-state index contributed by atoms with van der Waals surface area (Å²) in [5.41, 5.74) is 2.74. The zero-order chi connectivity index (χ0) is 15.8. The Balaban J connectivity index is 1.66. The molecule has 2 rings (SSSR count). The second-order valence-electron chi connectivity index (χ2n) is 6.09. The number of benzene rings is 1. The quantitative estimate of drug-likeness (QED) is 0.455. The molecule has 0 radical (unpaired) electrons. The van der Waals surface area contributed by atoms with Gasteiger partial charge in [-0.05, 0) is 43.2 Å². The van der Waals surface area contributed by atoms with Crippen LogP contribution in [0.5, 0.6) is 0 Å². The van der Waals surface area contributed by atoms with Crippen LogP contribution in [0.1, 0.15) is 24.0 Å². The average molecular weight is 303 g/mol. The van der Waals surface area contributed by atoms with Crippen molar-refractivity contribution in [2.75, 3.05) is 40.4 Å². The smallest absolute Gasteiger partial charge is 0.193 e. The van der Waals surface area contributed by atoms with Gasteiger partial charge in [-0.2, -0.15) is 0 Å². The van der Waals surface area contributed by atoms with Gasteiger partial charge in [0.15, 0.2) is 5.96 Å². The van der Waals surface area contributed by atoms with E-state index in [1.165, 1.54) is 24.0 Å². The van der Waals surface area contributed by atoms with Crippen LogP contribution >= 0.6 is 0 Å². The maximum atomic E-state index is 5.69. The van der Waals surface area contributed by atoms with E-state index < -0.39 is 0 Å². The number of likely N-dealkylation sites (N-methyl/N-ethyl adjacent to an activating group) is 1. The molecule has 0 bridgehead atoms. The summed E-state index contributed by atoms with van der Waals surface area (Å²) >= 11 is 0. The second-order valence-corrected chi connectivity index (χ2v) is 6.09. The second kappa shape index (κ2) is 8.79. The van der Waals surface area contributed by atoms with Gasteiger partial charge in [-0.1, -0.05) is 24.3 Å². The molecule has 0 spiro atoms. The highest BCUT2D eigenvalue weighted by molar-refractivity contribution is 5.79. The largest absolute Gasteiger partial charge is 0.379 e. The van der Waals surface area contributed by atoms with Crippen LogP contribution < -0.4 is 5.32 Å². The Morgan fingerprint density at radius 3 is 2.82 bits per heavy atom. The molecule has 122 valence electrons. The van der Waals surface area contributed by atoms with Crippen molar-refractivity contribution < 1.29 is 4.74 Å². The van der Waals surface area contributed by atoms with E-state index in [0.717, 1.165) is 44.6 Å². The molecule has 0 atom stereocenters. The van der Waals surface area contributed by atoms with Crippen LogP contribution in [0.2, 0.25) is 0 Å². The summed E-state index contributed by atoms with van der Waals surface area (Å²) in [6, 6.07) is 8.53. The van der Waals surface area contributed by atoms with Crippen LogP contribution in [0.15, 0.2) is 29.3 Å². The number of rotatable bonds is 8. The normalized spacial score (nSPS) is 15.0. The number of hydrogen-bond donors (Lipinski definition) is 1. The highest BCUT2D eigenvalue weighted by Crippen LogP contribution is 2.28. The van der Waals surface area contributed by atoms with Crippen molar-refractivity contribution >= 4 is 5.96 Å². The number of aliphatic imine (C=N–C) groups is 1. The van der Waals surface area contributed by atoms with E-state index in [1.807, 2.05) is 7.05 Å². The number of ether oxygens (including phenoxy) is 1. The molecule has 1 fully saturated rings. The third-order valence-electron chi connectivity index (χ3n) is 4.13. The van der Waals surface area contributed by atoms with Crippen LogP contribution in [0.4, 0.5) is 0 Å². The van der Waals surface area contributed by atoms with E-state index >= 15 is 0 Å². The number of guanidine groups is 1. The first-order valence-corrected chi connectivity index (χ1v) is 8.24. The first-order chi connectivity index (χ1) is 10.7. The molecule has 0 amide bonds. The maximum absolute atomic E-state index is 5.69. The van der Waals surface area contributed by atoms with Crippen LogP contribution in [-0.4, -0.2) is 51.3 Å². The van der Waals surface area contributed by atoms with E-state index in [2.05, 4.69) is 53.4 Å². The van der Waals surface area contributed by atoms with Crippen molar-refractivity contribution in [3.05, 3.63) is 35.4 Å². The number of aryl methyl sites for hydroxylation is 1. The fraction of sp³-hybridized carbons (Fsp3) is 0.611. The van der Waals surface area contributed by atoms with Crippen molar-refractivity contribution in [3.8, 4) is 0 Å².